The smallest absolute Gasteiger partial charge is 0.0693 e. The second-order valence-corrected chi connectivity index (χ2v) is 4.37. The first kappa shape index (κ1) is 12.0. The average Bonchev–Trinajstić information content (AvgIpc) is 2.39. The molecule has 0 bridgehead atoms. The molecule has 0 amide bonds. The zero-order valence-corrected chi connectivity index (χ0v) is 9.56. The van der Waals surface area contributed by atoms with Crippen LogP contribution < -0.4 is 5.32 Å². The molecule has 0 radical (unpaired) electrons. The van der Waals surface area contributed by atoms with Crippen molar-refractivity contribution in [2.45, 2.75) is 51.2 Å². The lowest BCUT2D eigenvalue weighted by atomic mass is 10.1. The van der Waals surface area contributed by atoms with Crippen molar-refractivity contribution in [1.82, 2.24) is 5.32 Å². The van der Waals surface area contributed by atoms with E-state index in [0.29, 0.717) is 0 Å². The summed E-state index contributed by atoms with van der Waals surface area (Å²) < 4.78 is 0. The lowest BCUT2D eigenvalue weighted by Crippen LogP contribution is -2.39. The lowest BCUT2D eigenvalue weighted by molar-refractivity contribution is 0.121. The second-order valence-electron chi connectivity index (χ2n) is 4.15. The van der Waals surface area contributed by atoms with Crippen LogP contribution in [-0.4, -0.2) is 23.8 Å². The largest absolute Gasteiger partial charge is 0.392 e. The molecule has 0 spiro atoms. The molecule has 2 unspecified atom stereocenters. The molecule has 82 valence electrons. The highest BCUT2D eigenvalue weighted by Gasteiger charge is 2.20. The van der Waals surface area contributed by atoms with E-state index in [1.54, 1.807) is 5.54 Å². The van der Waals surface area contributed by atoms with Crippen molar-refractivity contribution in [3.05, 3.63) is 11.1 Å². The molecule has 0 aromatic heterocycles. The van der Waals surface area contributed by atoms with Gasteiger partial charge in [-0.2, -0.15) is 0 Å². The molecule has 0 aromatic rings. The Balaban J connectivity index is 2.33. The third-order valence-corrected chi connectivity index (χ3v) is 3.18. The first-order valence-electron chi connectivity index (χ1n) is 5.41. The minimum atomic E-state index is -0.180. The van der Waals surface area contributed by atoms with Gasteiger partial charge in [-0.1, -0.05) is 30.9 Å². The van der Waals surface area contributed by atoms with E-state index in [0.717, 1.165) is 31.4 Å². The number of aliphatic hydroxyl groups excluding tert-OH is 1. The fourth-order valence-electron chi connectivity index (χ4n) is 1.86. The highest BCUT2D eigenvalue weighted by Crippen LogP contribution is 2.18. The molecule has 1 rings (SSSR count). The van der Waals surface area contributed by atoms with E-state index in [1.165, 1.54) is 12.8 Å². The van der Waals surface area contributed by atoms with Gasteiger partial charge in [-0.3, -0.25) is 0 Å². The van der Waals surface area contributed by atoms with Gasteiger partial charge in [0.15, 0.2) is 0 Å². The molecule has 0 aromatic carbocycles. The van der Waals surface area contributed by atoms with E-state index < -0.39 is 0 Å². The maximum atomic E-state index is 9.82. The summed E-state index contributed by atoms with van der Waals surface area (Å²) in [4.78, 5) is 0. The summed E-state index contributed by atoms with van der Waals surface area (Å²) in [6.07, 6.45) is 5.46. The van der Waals surface area contributed by atoms with Crippen LogP contribution in [0.4, 0.5) is 0 Å². The monoisotopic (exact) mass is 217 g/mol. The molecule has 1 fully saturated rings. The number of hydrogen-bond acceptors (Lipinski definition) is 2. The minimum absolute atomic E-state index is 0.180. The molecule has 3 heteroatoms. The molecule has 0 aliphatic heterocycles. The maximum Gasteiger partial charge on any atom is 0.0693 e. The summed E-state index contributed by atoms with van der Waals surface area (Å²) in [6.45, 7) is 2.77. The van der Waals surface area contributed by atoms with Crippen LogP contribution in [0.5, 0.6) is 0 Å². The number of rotatable bonds is 3. The predicted octanol–water partition coefficient (Wildman–Crippen LogP) is 2.41. The van der Waals surface area contributed by atoms with Crippen LogP contribution in [0.25, 0.3) is 0 Å². The Labute approximate surface area is 91.3 Å². The number of nitrogens with one attached hydrogen (secondary N) is 1. The van der Waals surface area contributed by atoms with Crippen LogP contribution in [0, 0.1) is 0 Å². The summed E-state index contributed by atoms with van der Waals surface area (Å²) in [5, 5.41) is 13.2. The zero-order valence-electron chi connectivity index (χ0n) is 8.80. The molecule has 0 saturated heterocycles. The Morgan fingerprint density at radius 2 is 2.14 bits per heavy atom. The molecule has 2 nitrogen and oxygen atoms in total. The topological polar surface area (TPSA) is 32.3 Å². The van der Waals surface area contributed by atoms with Gasteiger partial charge in [0.1, 0.15) is 0 Å². The van der Waals surface area contributed by atoms with Crippen molar-refractivity contribution in [3.8, 4) is 0 Å². The van der Waals surface area contributed by atoms with Crippen LogP contribution >= 0.6 is 11.6 Å². The fourth-order valence-corrected chi connectivity index (χ4v) is 1.93. The quantitative estimate of drug-likeness (QED) is 0.712. The van der Waals surface area contributed by atoms with Gasteiger partial charge in [0, 0.05) is 18.1 Å². The second kappa shape index (κ2) is 6.44. The van der Waals surface area contributed by atoms with E-state index >= 15 is 0 Å². The highest BCUT2D eigenvalue weighted by molar-refractivity contribution is 6.25. The Bertz CT molecular complexity index is 194. The van der Waals surface area contributed by atoms with Crippen LogP contribution in [0.15, 0.2) is 11.1 Å². The molecule has 2 atom stereocenters. The van der Waals surface area contributed by atoms with Crippen LogP contribution in [-0.2, 0) is 0 Å². The van der Waals surface area contributed by atoms with E-state index in [4.69, 9.17) is 11.6 Å². The summed E-state index contributed by atoms with van der Waals surface area (Å²) in [5.41, 5.74) is 2.71. The van der Waals surface area contributed by atoms with Gasteiger partial charge >= 0.3 is 0 Å². The molecule has 1 saturated carbocycles. The van der Waals surface area contributed by atoms with E-state index in [-0.39, 0.29) is 12.1 Å². The van der Waals surface area contributed by atoms with Crippen molar-refractivity contribution < 1.29 is 5.11 Å². The number of hydrogen-bond donors (Lipinski definition) is 2. The van der Waals surface area contributed by atoms with Gasteiger partial charge < -0.3 is 10.4 Å². The Morgan fingerprint density at radius 3 is 2.86 bits per heavy atom. The Kier molecular flexibility index (Phi) is 5.53. The molecular weight excluding hydrogens is 198 g/mol. The first-order chi connectivity index (χ1) is 6.74. The standard InChI is InChI=1S/C11H20ClNO/c1-9(7-12)8-13-10-5-3-2-4-6-11(10)14/h7,10-11,13-14H,2-6,8H2,1H3. The van der Waals surface area contributed by atoms with Crippen molar-refractivity contribution in [3.63, 3.8) is 0 Å². The van der Waals surface area contributed by atoms with Crippen molar-refractivity contribution in [2.24, 2.45) is 0 Å². The Hall–Kier alpha value is -0.0500. The first-order valence-corrected chi connectivity index (χ1v) is 5.85. The lowest BCUT2D eigenvalue weighted by Gasteiger charge is -2.21. The van der Waals surface area contributed by atoms with E-state index in [9.17, 15) is 5.11 Å². The van der Waals surface area contributed by atoms with Crippen molar-refractivity contribution in [1.29, 1.82) is 0 Å². The minimum Gasteiger partial charge on any atom is -0.392 e. The molecule has 2 N–H and O–H groups in total. The molecule has 1 aliphatic rings. The summed E-state index contributed by atoms with van der Waals surface area (Å²) in [6, 6.07) is 0.254. The van der Waals surface area contributed by atoms with Gasteiger partial charge in [0.05, 0.1) is 6.10 Å². The van der Waals surface area contributed by atoms with E-state index in [2.05, 4.69) is 5.32 Å². The highest BCUT2D eigenvalue weighted by atomic mass is 35.5. The van der Waals surface area contributed by atoms with Gasteiger partial charge in [-0.05, 0) is 25.3 Å². The number of aliphatic hydroxyl groups is 1. The molecular formula is C11H20ClNO. The molecule has 1 aliphatic carbocycles. The van der Waals surface area contributed by atoms with Crippen molar-refractivity contribution in [2.75, 3.05) is 6.54 Å². The van der Waals surface area contributed by atoms with Crippen LogP contribution in [0.1, 0.15) is 39.0 Å². The fraction of sp³-hybridized carbons (Fsp3) is 0.818. The van der Waals surface area contributed by atoms with Crippen molar-refractivity contribution >= 4 is 11.6 Å². The summed E-state index contributed by atoms with van der Waals surface area (Å²) in [7, 11) is 0. The Morgan fingerprint density at radius 1 is 1.43 bits per heavy atom. The normalized spacial score (nSPS) is 30.1. The van der Waals surface area contributed by atoms with Gasteiger partial charge in [0.2, 0.25) is 0 Å². The van der Waals surface area contributed by atoms with E-state index in [1.807, 2.05) is 6.92 Å². The maximum absolute atomic E-state index is 9.82. The van der Waals surface area contributed by atoms with Crippen LogP contribution in [0.2, 0.25) is 0 Å². The van der Waals surface area contributed by atoms with Gasteiger partial charge in [-0.25, -0.2) is 0 Å². The van der Waals surface area contributed by atoms with Crippen LogP contribution in [0.3, 0.4) is 0 Å². The average molecular weight is 218 g/mol. The summed E-state index contributed by atoms with van der Waals surface area (Å²) >= 11 is 5.57. The predicted molar refractivity (Wildman–Crippen MR) is 60.5 cm³/mol. The zero-order chi connectivity index (χ0) is 10.4. The van der Waals surface area contributed by atoms with Gasteiger partial charge in [-0.15, -0.1) is 0 Å². The number of halogens is 1. The molecule has 14 heavy (non-hydrogen) atoms. The third-order valence-electron chi connectivity index (χ3n) is 2.81. The third kappa shape index (κ3) is 3.99. The van der Waals surface area contributed by atoms with Gasteiger partial charge in [0.25, 0.3) is 0 Å². The SMILES string of the molecule is CC(=CCl)CNC1CCCCCC1O. The molecule has 0 heterocycles. The summed E-state index contributed by atoms with van der Waals surface area (Å²) in [5.74, 6) is 0.